The number of aromatic nitrogens is 5. The van der Waals surface area contributed by atoms with Crippen LogP contribution in [0.3, 0.4) is 0 Å². The molecule has 1 aromatic carbocycles. The van der Waals surface area contributed by atoms with Crippen molar-refractivity contribution in [3.05, 3.63) is 78.0 Å². The van der Waals surface area contributed by atoms with E-state index in [1.807, 2.05) is 47.7 Å². The van der Waals surface area contributed by atoms with Crippen LogP contribution in [0.15, 0.2) is 67.4 Å². The van der Waals surface area contributed by atoms with E-state index in [4.69, 9.17) is 4.74 Å². The number of carbonyl (C=O) groups excluding carboxylic acids is 1. The Labute approximate surface area is 199 Å². The summed E-state index contributed by atoms with van der Waals surface area (Å²) >= 11 is 1.39. The number of rotatable bonds is 6. The summed E-state index contributed by atoms with van der Waals surface area (Å²) in [6.07, 6.45) is 9.57. The van der Waals surface area contributed by atoms with Crippen LogP contribution in [-0.2, 0) is 11.3 Å². The number of ether oxygens (including phenoxy) is 1. The van der Waals surface area contributed by atoms with E-state index in [1.165, 1.54) is 16.9 Å². The van der Waals surface area contributed by atoms with E-state index < -0.39 is 0 Å². The van der Waals surface area contributed by atoms with E-state index in [9.17, 15) is 4.79 Å². The second-order valence-electron chi connectivity index (χ2n) is 8.33. The van der Waals surface area contributed by atoms with Crippen LogP contribution >= 0.6 is 11.3 Å². The molecule has 4 aromatic heterocycles. The predicted molar refractivity (Wildman–Crippen MR) is 131 cm³/mol. The second kappa shape index (κ2) is 8.51. The number of carbonyl (C=O) groups is 1. The summed E-state index contributed by atoms with van der Waals surface area (Å²) < 4.78 is 7.20. The van der Waals surface area contributed by atoms with Gasteiger partial charge < -0.3 is 14.6 Å². The molecule has 1 aliphatic heterocycles. The van der Waals surface area contributed by atoms with Crippen molar-refractivity contribution >= 4 is 28.3 Å². The van der Waals surface area contributed by atoms with Crippen LogP contribution in [0.1, 0.15) is 15.4 Å². The van der Waals surface area contributed by atoms with Crippen LogP contribution in [0.2, 0.25) is 0 Å². The number of amides is 1. The van der Waals surface area contributed by atoms with E-state index in [2.05, 4.69) is 38.2 Å². The highest BCUT2D eigenvalue weighted by Gasteiger charge is 2.32. The maximum Gasteiger partial charge on any atom is 0.283 e. The van der Waals surface area contributed by atoms with E-state index in [-0.39, 0.29) is 12.0 Å². The minimum atomic E-state index is -0.0493. The number of H-pyrrole nitrogens is 1. The van der Waals surface area contributed by atoms with Crippen molar-refractivity contribution in [1.82, 2.24) is 29.6 Å². The van der Waals surface area contributed by atoms with Crippen molar-refractivity contribution in [1.29, 1.82) is 0 Å². The Balaban J connectivity index is 1.26. The zero-order valence-electron chi connectivity index (χ0n) is 18.5. The molecule has 0 bridgehead atoms. The van der Waals surface area contributed by atoms with Gasteiger partial charge in [0, 0.05) is 67.1 Å². The first kappa shape index (κ1) is 20.8. The molecule has 6 rings (SSSR count). The van der Waals surface area contributed by atoms with Gasteiger partial charge in [0.05, 0.1) is 23.7 Å². The van der Waals surface area contributed by atoms with E-state index >= 15 is 0 Å². The van der Waals surface area contributed by atoms with Gasteiger partial charge in [-0.25, -0.2) is 9.97 Å². The van der Waals surface area contributed by atoms with Gasteiger partial charge in [-0.2, -0.15) is 5.10 Å². The van der Waals surface area contributed by atoms with Crippen LogP contribution in [0.5, 0.6) is 0 Å². The molecule has 9 heteroatoms. The molecule has 0 radical (unpaired) electrons. The third-order valence-electron chi connectivity index (χ3n) is 6.10. The number of hydrogen-bond donors (Lipinski definition) is 1. The second-order valence-corrected chi connectivity index (χ2v) is 9.36. The molecule has 5 heterocycles. The largest absolute Gasteiger partial charge is 0.378 e. The van der Waals surface area contributed by atoms with Gasteiger partial charge in [0.1, 0.15) is 5.65 Å². The number of nitrogens with one attached hydrogen (secondary N) is 1. The lowest BCUT2D eigenvalue weighted by Gasteiger charge is -2.37. The van der Waals surface area contributed by atoms with Crippen molar-refractivity contribution in [2.45, 2.75) is 12.6 Å². The minimum Gasteiger partial charge on any atom is -0.378 e. The summed E-state index contributed by atoms with van der Waals surface area (Å²) in [6.45, 7) is 1.94. The normalized spacial score (nSPS) is 14.0. The third-order valence-corrected chi connectivity index (χ3v) is 7.14. The van der Waals surface area contributed by atoms with Crippen LogP contribution < -0.4 is 0 Å². The molecule has 170 valence electrons. The fraction of sp³-hybridized carbons (Fsp3) is 0.200. The molecule has 8 nitrogen and oxygen atoms in total. The number of pyridine rings is 1. The first-order valence-electron chi connectivity index (χ1n) is 11.0. The standard InChI is InChI=1S/C25H22N6O2S/c1-33-19-14-30(15-19)25(32)24-28-11-22(34-24)17-7-20-21(10-27-23(20)26-8-17)18-9-29-31(13-18)12-16-5-3-2-4-6-16/h2-11,13,19H,12,14-15H2,1H3,(H,26,27). The van der Waals surface area contributed by atoms with Gasteiger partial charge in [0.15, 0.2) is 5.01 Å². The molecule has 5 aromatic rings. The molecule has 34 heavy (non-hydrogen) atoms. The number of likely N-dealkylation sites (tertiary alicyclic amines) is 1. The highest BCUT2D eigenvalue weighted by atomic mass is 32.1. The topological polar surface area (TPSA) is 88.9 Å². The van der Waals surface area contributed by atoms with Crippen molar-refractivity contribution in [3.63, 3.8) is 0 Å². The van der Waals surface area contributed by atoms with Crippen molar-refractivity contribution in [2.24, 2.45) is 0 Å². The Morgan fingerprint density at radius 2 is 2.00 bits per heavy atom. The smallest absolute Gasteiger partial charge is 0.283 e. The fourth-order valence-corrected chi connectivity index (χ4v) is 5.00. The summed E-state index contributed by atoms with van der Waals surface area (Å²) in [4.78, 5) is 27.6. The minimum absolute atomic E-state index is 0.0493. The van der Waals surface area contributed by atoms with E-state index in [1.54, 1.807) is 18.2 Å². The number of methoxy groups -OCH3 is 1. The van der Waals surface area contributed by atoms with Gasteiger partial charge in [0.2, 0.25) is 0 Å². The average molecular weight is 471 g/mol. The number of aromatic amines is 1. The highest BCUT2D eigenvalue weighted by molar-refractivity contribution is 7.17. The Morgan fingerprint density at radius 3 is 2.82 bits per heavy atom. The molecular formula is C25H22N6O2S. The molecule has 0 unspecified atom stereocenters. The summed E-state index contributed by atoms with van der Waals surface area (Å²) in [6, 6.07) is 12.4. The lowest BCUT2D eigenvalue weighted by Crippen LogP contribution is -2.54. The van der Waals surface area contributed by atoms with Crippen LogP contribution in [0.4, 0.5) is 0 Å². The van der Waals surface area contributed by atoms with E-state index in [0.29, 0.717) is 24.6 Å². The molecule has 1 fully saturated rings. The zero-order valence-corrected chi connectivity index (χ0v) is 19.3. The first-order chi connectivity index (χ1) is 16.7. The first-order valence-corrected chi connectivity index (χ1v) is 11.8. The number of fused-ring (bicyclic) bond motifs is 1. The SMILES string of the molecule is COC1CN(C(=O)c2ncc(-c3cnc4[nH]cc(-c5cnn(Cc6ccccc6)c5)c4c3)s2)C1. The van der Waals surface area contributed by atoms with Gasteiger partial charge in [-0.1, -0.05) is 30.3 Å². The molecule has 0 atom stereocenters. The van der Waals surface area contributed by atoms with E-state index in [0.717, 1.165) is 32.6 Å². The molecule has 1 saturated heterocycles. The molecule has 1 aliphatic rings. The maximum absolute atomic E-state index is 12.7. The van der Waals surface area contributed by atoms with Gasteiger partial charge in [-0.15, -0.1) is 11.3 Å². The summed E-state index contributed by atoms with van der Waals surface area (Å²) in [5, 5.41) is 6.03. The highest BCUT2D eigenvalue weighted by Crippen LogP contribution is 2.33. The molecule has 1 amide bonds. The van der Waals surface area contributed by atoms with Crippen molar-refractivity contribution < 1.29 is 9.53 Å². The lowest BCUT2D eigenvalue weighted by molar-refractivity contribution is -0.0192. The average Bonchev–Trinajstić information content (AvgIpc) is 3.58. The summed E-state index contributed by atoms with van der Waals surface area (Å²) in [5.41, 5.74) is 5.00. The molecular weight excluding hydrogens is 448 g/mol. The molecule has 0 spiro atoms. The molecule has 1 N–H and O–H groups in total. The number of thiazole rings is 1. The Hall–Kier alpha value is -3.82. The Morgan fingerprint density at radius 1 is 1.15 bits per heavy atom. The number of benzene rings is 1. The molecule has 0 saturated carbocycles. The van der Waals surface area contributed by atoms with Crippen LogP contribution in [0, 0.1) is 0 Å². The van der Waals surface area contributed by atoms with Crippen molar-refractivity contribution in [2.75, 3.05) is 20.2 Å². The predicted octanol–water partition coefficient (Wildman–Crippen LogP) is 4.07. The quantitative estimate of drug-likeness (QED) is 0.404. The van der Waals surface area contributed by atoms with Gasteiger partial charge in [0.25, 0.3) is 5.91 Å². The molecule has 0 aliphatic carbocycles. The maximum atomic E-state index is 12.7. The third kappa shape index (κ3) is 3.78. The summed E-state index contributed by atoms with van der Waals surface area (Å²) in [7, 11) is 1.67. The number of hydrogen-bond acceptors (Lipinski definition) is 6. The van der Waals surface area contributed by atoms with Gasteiger partial charge in [-0.05, 0) is 11.6 Å². The lowest BCUT2D eigenvalue weighted by atomic mass is 10.1. The zero-order chi connectivity index (χ0) is 23.1. The van der Waals surface area contributed by atoms with Crippen molar-refractivity contribution in [3.8, 4) is 21.6 Å². The monoisotopic (exact) mass is 470 g/mol. The fourth-order valence-electron chi connectivity index (χ4n) is 4.13. The number of nitrogens with zero attached hydrogens (tertiary/aromatic N) is 5. The van der Waals surface area contributed by atoms with Crippen LogP contribution in [0.25, 0.3) is 32.6 Å². The van der Waals surface area contributed by atoms with Gasteiger partial charge >= 0.3 is 0 Å². The Bertz CT molecular complexity index is 1470. The summed E-state index contributed by atoms with van der Waals surface area (Å²) in [5.74, 6) is -0.0493. The van der Waals surface area contributed by atoms with Crippen LogP contribution in [-0.4, -0.2) is 61.8 Å². The Kier molecular flexibility index (Phi) is 5.20. The van der Waals surface area contributed by atoms with Gasteiger partial charge in [-0.3, -0.25) is 9.48 Å².